The van der Waals surface area contributed by atoms with Crippen LogP contribution in [0, 0.1) is 6.92 Å². The van der Waals surface area contributed by atoms with E-state index >= 15 is 0 Å². The third-order valence-electron chi connectivity index (χ3n) is 2.77. The number of hydrogen-bond donors (Lipinski definition) is 1. The summed E-state index contributed by atoms with van der Waals surface area (Å²) in [4.78, 5) is 4.58. The normalized spacial score (nSPS) is 12.4. The Labute approximate surface area is 112 Å². The van der Waals surface area contributed by atoms with Gasteiger partial charge in [-0.15, -0.1) is 11.3 Å². The fourth-order valence-electron chi connectivity index (χ4n) is 1.93. The van der Waals surface area contributed by atoms with Crippen LogP contribution in [0.4, 0.5) is 0 Å². The molecule has 1 aromatic carbocycles. The average Bonchev–Trinajstić information content (AvgIpc) is 2.82. The number of nitrogens with zero attached hydrogens (tertiary/aromatic N) is 1. The summed E-state index contributed by atoms with van der Waals surface area (Å²) in [5, 5.41) is 6.68. The Bertz CT molecular complexity index is 510. The number of nitrogens with one attached hydrogen (secondary N) is 1. The van der Waals surface area contributed by atoms with Crippen molar-refractivity contribution in [2.24, 2.45) is 0 Å². The summed E-state index contributed by atoms with van der Waals surface area (Å²) < 4.78 is 5.28. The minimum atomic E-state index is 0.134. The molecule has 0 saturated carbocycles. The average molecular weight is 262 g/mol. The maximum atomic E-state index is 5.28. The standard InChI is InChI=1S/C14H18N2OS/c1-4-15-14(13-9-18-10(2)16-13)11-6-5-7-12(8-11)17-3/h5-9,14-15H,4H2,1-3H3. The lowest BCUT2D eigenvalue weighted by atomic mass is 10.0. The van der Waals surface area contributed by atoms with E-state index in [2.05, 4.69) is 34.7 Å². The third-order valence-corrected chi connectivity index (χ3v) is 3.56. The van der Waals surface area contributed by atoms with E-state index in [1.807, 2.05) is 19.1 Å². The highest BCUT2D eigenvalue weighted by Crippen LogP contribution is 2.26. The van der Waals surface area contributed by atoms with Crippen molar-refractivity contribution in [2.45, 2.75) is 19.9 Å². The molecule has 1 aromatic heterocycles. The Hall–Kier alpha value is -1.39. The minimum Gasteiger partial charge on any atom is -0.497 e. The van der Waals surface area contributed by atoms with Crippen LogP contribution in [-0.4, -0.2) is 18.6 Å². The zero-order valence-corrected chi connectivity index (χ0v) is 11.8. The van der Waals surface area contributed by atoms with Crippen molar-refractivity contribution in [2.75, 3.05) is 13.7 Å². The summed E-state index contributed by atoms with van der Waals surface area (Å²) in [5.74, 6) is 0.877. The highest BCUT2D eigenvalue weighted by atomic mass is 32.1. The van der Waals surface area contributed by atoms with Crippen molar-refractivity contribution in [1.82, 2.24) is 10.3 Å². The van der Waals surface area contributed by atoms with Crippen molar-refractivity contribution < 1.29 is 4.74 Å². The Morgan fingerprint density at radius 3 is 2.89 bits per heavy atom. The SMILES string of the molecule is CCNC(c1cccc(OC)c1)c1csc(C)n1. The molecule has 18 heavy (non-hydrogen) atoms. The van der Waals surface area contributed by atoms with E-state index in [4.69, 9.17) is 4.74 Å². The Morgan fingerprint density at radius 1 is 1.44 bits per heavy atom. The largest absolute Gasteiger partial charge is 0.497 e. The first kappa shape index (κ1) is 13.1. The van der Waals surface area contributed by atoms with Gasteiger partial charge in [0.25, 0.3) is 0 Å². The predicted molar refractivity (Wildman–Crippen MR) is 75.4 cm³/mol. The van der Waals surface area contributed by atoms with E-state index in [9.17, 15) is 0 Å². The second-order valence-electron chi connectivity index (χ2n) is 4.06. The number of rotatable bonds is 5. The van der Waals surface area contributed by atoms with Crippen molar-refractivity contribution in [3.8, 4) is 5.75 Å². The van der Waals surface area contributed by atoms with E-state index in [0.29, 0.717) is 0 Å². The van der Waals surface area contributed by atoms with Gasteiger partial charge in [0.05, 0.1) is 23.9 Å². The third kappa shape index (κ3) is 2.89. The molecule has 0 amide bonds. The molecule has 3 nitrogen and oxygen atoms in total. The molecular formula is C14H18N2OS. The number of thiazole rings is 1. The number of benzene rings is 1. The first-order valence-corrected chi connectivity index (χ1v) is 6.92. The van der Waals surface area contributed by atoms with Crippen LogP contribution in [0.2, 0.25) is 0 Å². The molecule has 0 bridgehead atoms. The van der Waals surface area contributed by atoms with Crippen molar-refractivity contribution >= 4 is 11.3 Å². The van der Waals surface area contributed by atoms with Gasteiger partial charge in [-0.25, -0.2) is 4.98 Å². The van der Waals surface area contributed by atoms with Crippen LogP contribution in [0.25, 0.3) is 0 Å². The van der Waals surface area contributed by atoms with Crippen LogP contribution in [0.15, 0.2) is 29.6 Å². The molecular weight excluding hydrogens is 244 g/mol. The molecule has 4 heteroatoms. The lowest BCUT2D eigenvalue weighted by molar-refractivity contribution is 0.413. The number of methoxy groups -OCH3 is 1. The molecule has 96 valence electrons. The van der Waals surface area contributed by atoms with E-state index in [1.165, 1.54) is 5.56 Å². The smallest absolute Gasteiger partial charge is 0.119 e. The fourth-order valence-corrected chi connectivity index (χ4v) is 2.57. The van der Waals surface area contributed by atoms with Gasteiger partial charge in [0.2, 0.25) is 0 Å². The van der Waals surface area contributed by atoms with E-state index < -0.39 is 0 Å². The Balaban J connectivity index is 2.34. The van der Waals surface area contributed by atoms with Crippen molar-refractivity contribution in [1.29, 1.82) is 0 Å². The highest BCUT2D eigenvalue weighted by molar-refractivity contribution is 7.09. The van der Waals surface area contributed by atoms with Crippen LogP contribution in [-0.2, 0) is 0 Å². The van der Waals surface area contributed by atoms with E-state index in [-0.39, 0.29) is 6.04 Å². The number of ether oxygens (including phenoxy) is 1. The maximum Gasteiger partial charge on any atom is 0.119 e. The van der Waals surface area contributed by atoms with E-state index in [1.54, 1.807) is 18.4 Å². The van der Waals surface area contributed by atoms with E-state index in [0.717, 1.165) is 23.0 Å². The summed E-state index contributed by atoms with van der Waals surface area (Å²) in [6.07, 6.45) is 0. The van der Waals surface area contributed by atoms with Crippen LogP contribution in [0.5, 0.6) is 5.75 Å². The second-order valence-corrected chi connectivity index (χ2v) is 5.12. The van der Waals surface area contributed by atoms with Gasteiger partial charge in [-0.1, -0.05) is 19.1 Å². The molecule has 2 rings (SSSR count). The molecule has 0 aliphatic heterocycles. The molecule has 0 fully saturated rings. The molecule has 2 aromatic rings. The Morgan fingerprint density at radius 2 is 2.28 bits per heavy atom. The first-order chi connectivity index (χ1) is 8.74. The van der Waals surface area contributed by atoms with Crippen LogP contribution >= 0.6 is 11.3 Å². The van der Waals surface area contributed by atoms with Gasteiger partial charge in [0, 0.05) is 5.38 Å². The second kappa shape index (κ2) is 5.98. The predicted octanol–water partition coefficient (Wildman–Crippen LogP) is 3.16. The monoisotopic (exact) mass is 262 g/mol. The number of aryl methyl sites for hydroxylation is 1. The van der Waals surface area contributed by atoms with Gasteiger partial charge in [0.15, 0.2) is 0 Å². The summed E-state index contributed by atoms with van der Waals surface area (Å²) >= 11 is 1.68. The van der Waals surface area contributed by atoms with Gasteiger partial charge in [-0.2, -0.15) is 0 Å². The van der Waals surface area contributed by atoms with Gasteiger partial charge in [-0.3, -0.25) is 0 Å². The number of aromatic nitrogens is 1. The molecule has 0 aliphatic rings. The van der Waals surface area contributed by atoms with Gasteiger partial charge in [-0.05, 0) is 31.2 Å². The van der Waals surface area contributed by atoms with Crippen molar-refractivity contribution in [3.63, 3.8) is 0 Å². The van der Waals surface area contributed by atoms with Gasteiger partial charge in [0.1, 0.15) is 5.75 Å². The van der Waals surface area contributed by atoms with Gasteiger partial charge < -0.3 is 10.1 Å². The quantitative estimate of drug-likeness (QED) is 0.898. The summed E-state index contributed by atoms with van der Waals surface area (Å²) in [7, 11) is 1.69. The number of hydrogen-bond acceptors (Lipinski definition) is 4. The highest BCUT2D eigenvalue weighted by Gasteiger charge is 2.16. The first-order valence-electron chi connectivity index (χ1n) is 6.04. The molecule has 1 heterocycles. The Kier molecular flexibility index (Phi) is 4.33. The minimum absolute atomic E-state index is 0.134. The molecule has 1 unspecified atom stereocenters. The molecule has 1 N–H and O–H groups in total. The lowest BCUT2D eigenvalue weighted by Gasteiger charge is -2.17. The summed E-state index contributed by atoms with van der Waals surface area (Å²) in [6.45, 7) is 5.04. The maximum absolute atomic E-state index is 5.28. The lowest BCUT2D eigenvalue weighted by Crippen LogP contribution is -2.22. The van der Waals surface area contributed by atoms with Gasteiger partial charge >= 0.3 is 0 Å². The summed E-state index contributed by atoms with van der Waals surface area (Å²) in [6, 6.07) is 8.26. The molecule has 0 saturated heterocycles. The molecule has 0 spiro atoms. The van der Waals surface area contributed by atoms with Crippen molar-refractivity contribution in [3.05, 3.63) is 45.9 Å². The van der Waals surface area contributed by atoms with Crippen LogP contribution < -0.4 is 10.1 Å². The summed E-state index contributed by atoms with van der Waals surface area (Å²) in [5.41, 5.74) is 2.26. The topological polar surface area (TPSA) is 34.1 Å². The molecule has 0 radical (unpaired) electrons. The zero-order valence-electron chi connectivity index (χ0n) is 10.9. The fraction of sp³-hybridized carbons (Fsp3) is 0.357. The van der Waals surface area contributed by atoms with Crippen LogP contribution in [0.1, 0.15) is 29.2 Å². The zero-order chi connectivity index (χ0) is 13.0. The molecule has 1 atom stereocenters. The molecule has 0 aliphatic carbocycles. The van der Waals surface area contributed by atoms with Crippen LogP contribution in [0.3, 0.4) is 0 Å².